The van der Waals surface area contributed by atoms with Crippen molar-refractivity contribution >= 4 is 17.6 Å². The van der Waals surface area contributed by atoms with Crippen molar-refractivity contribution in [2.75, 3.05) is 0 Å². The van der Waals surface area contributed by atoms with E-state index in [-0.39, 0.29) is 5.19 Å². The Balaban J connectivity index is 2.57. The molecule has 0 amide bonds. The predicted octanol–water partition coefficient (Wildman–Crippen LogP) is 0.923. The number of aryl methyl sites for hydroxylation is 2. The van der Waals surface area contributed by atoms with Crippen LogP contribution in [0.3, 0.4) is 0 Å². The summed E-state index contributed by atoms with van der Waals surface area (Å²) in [5.41, 5.74) is 2.24. The Labute approximate surface area is 96.8 Å². The molecule has 0 radical (unpaired) electrons. The number of hydrogen-bond acceptors (Lipinski definition) is 4. The third-order valence-corrected chi connectivity index (χ3v) is 3.17. The Hall–Kier alpha value is -1.75. The smallest absolute Gasteiger partial charge is 0.348 e. The fraction of sp³-hybridized carbons (Fsp3) is 0.182. The lowest BCUT2D eigenvalue weighted by molar-refractivity contribution is -0.600. The number of carbonyl (C=O) groups excluding carboxylic acids is 1. The number of carbonyl (C=O) groups is 1. The zero-order valence-electron chi connectivity index (χ0n) is 8.93. The maximum Gasteiger partial charge on any atom is 0.348 e. The molecule has 0 bridgehead atoms. The summed E-state index contributed by atoms with van der Waals surface area (Å²) >= 11 is 0.864. The molecule has 16 heavy (non-hydrogen) atoms. The molecule has 0 N–H and O–H groups in total. The SMILES string of the molecule is Cc1cc[n+](-c2nc([O-])sc2C=O)cc1C. The van der Waals surface area contributed by atoms with Crippen molar-refractivity contribution in [3.05, 3.63) is 34.5 Å². The van der Waals surface area contributed by atoms with Crippen molar-refractivity contribution < 1.29 is 14.5 Å². The van der Waals surface area contributed by atoms with Gasteiger partial charge in [-0.25, -0.2) is 4.57 Å². The molecule has 0 aromatic carbocycles. The second-order valence-electron chi connectivity index (χ2n) is 3.50. The van der Waals surface area contributed by atoms with Gasteiger partial charge in [-0.1, -0.05) is 11.3 Å². The second kappa shape index (κ2) is 4.02. The van der Waals surface area contributed by atoms with Crippen LogP contribution in [0, 0.1) is 13.8 Å². The molecule has 0 aliphatic rings. The average molecular weight is 234 g/mol. The van der Waals surface area contributed by atoms with Crippen LogP contribution in [-0.2, 0) is 0 Å². The summed E-state index contributed by atoms with van der Waals surface area (Å²) in [6, 6.07) is 1.92. The minimum atomic E-state index is -0.345. The maximum atomic E-state index is 11.1. The summed E-state index contributed by atoms with van der Waals surface area (Å²) in [6.45, 7) is 3.97. The molecule has 0 fully saturated rings. The molecule has 0 unspecified atom stereocenters. The van der Waals surface area contributed by atoms with Crippen LogP contribution in [0.25, 0.3) is 5.82 Å². The van der Waals surface area contributed by atoms with Gasteiger partial charge < -0.3 is 5.11 Å². The number of aromatic nitrogens is 2. The summed E-state index contributed by atoms with van der Waals surface area (Å²) in [7, 11) is 0. The molecule has 0 spiro atoms. The highest BCUT2D eigenvalue weighted by Crippen LogP contribution is 2.19. The molecule has 82 valence electrons. The standard InChI is InChI=1S/C11H10N2O2S/c1-7-3-4-13(5-8(7)2)10-9(6-14)16-11(15)12-10/h3-6H,1-2H3. The molecule has 5 heteroatoms. The van der Waals surface area contributed by atoms with Crippen LogP contribution in [0.15, 0.2) is 18.5 Å². The number of nitrogens with zero attached hydrogens (tertiary/aromatic N) is 2. The molecule has 2 aromatic heterocycles. The van der Waals surface area contributed by atoms with Gasteiger partial charge >= 0.3 is 5.82 Å². The minimum absolute atomic E-state index is 0.345. The average Bonchev–Trinajstić information content (AvgIpc) is 2.63. The first-order chi connectivity index (χ1) is 7.61. The van der Waals surface area contributed by atoms with Gasteiger partial charge in [-0.15, -0.1) is 0 Å². The number of thiazole rings is 1. The lowest BCUT2D eigenvalue weighted by atomic mass is 10.2. The zero-order chi connectivity index (χ0) is 11.7. The maximum absolute atomic E-state index is 11.1. The van der Waals surface area contributed by atoms with Crippen LogP contribution >= 0.6 is 11.3 Å². The third-order valence-electron chi connectivity index (χ3n) is 2.41. The Morgan fingerprint density at radius 3 is 2.81 bits per heavy atom. The van der Waals surface area contributed by atoms with Crippen LogP contribution in [-0.4, -0.2) is 11.3 Å². The fourth-order valence-corrected chi connectivity index (χ4v) is 1.99. The number of hydrogen-bond donors (Lipinski definition) is 0. The van der Waals surface area contributed by atoms with Gasteiger partial charge in [0.2, 0.25) is 0 Å². The molecular weight excluding hydrogens is 224 g/mol. The van der Waals surface area contributed by atoms with Gasteiger partial charge in [-0.05, 0) is 36.0 Å². The highest BCUT2D eigenvalue weighted by atomic mass is 32.1. The molecule has 0 saturated carbocycles. The normalized spacial score (nSPS) is 10.4. The van der Waals surface area contributed by atoms with Crippen molar-refractivity contribution in [3.8, 4) is 11.0 Å². The van der Waals surface area contributed by atoms with E-state index in [1.165, 1.54) is 0 Å². The van der Waals surface area contributed by atoms with E-state index in [4.69, 9.17) is 0 Å². The third kappa shape index (κ3) is 1.81. The van der Waals surface area contributed by atoms with Gasteiger partial charge in [0.1, 0.15) is 0 Å². The van der Waals surface area contributed by atoms with Crippen LogP contribution in [0.4, 0.5) is 0 Å². The molecule has 2 heterocycles. The lowest BCUT2D eigenvalue weighted by Crippen LogP contribution is -2.32. The van der Waals surface area contributed by atoms with Gasteiger partial charge in [0.15, 0.2) is 16.4 Å². The zero-order valence-corrected chi connectivity index (χ0v) is 9.75. The highest BCUT2D eigenvalue weighted by molar-refractivity contribution is 7.15. The van der Waals surface area contributed by atoms with Gasteiger partial charge in [0, 0.05) is 0 Å². The van der Waals surface area contributed by atoms with Crippen molar-refractivity contribution in [2.24, 2.45) is 0 Å². The Kier molecular flexibility index (Phi) is 2.70. The van der Waals surface area contributed by atoms with E-state index in [9.17, 15) is 9.90 Å². The van der Waals surface area contributed by atoms with Crippen LogP contribution < -0.4 is 9.67 Å². The van der Waals surface area contributed by atoms with Crippen molar-refractivity contribution in [3.63, 3.8) is 0 Å². The minimum Gasteiger partial charge on any atom is -0.831 e. The van der Waals surface area contributed by atoms with Gasteiger partial charge in [0.25, 0.3) is 0 Å². The van der Waals surface area contributed by atoms with Gasteiger partial charge in [0.05, 0.1) is 12.4 Å². The van der Waals surface area contributed by atoms with Gasteiger partial charge in [-0.2, -0.15) is 0 Å². The summed E-state index contributed by atoms with van der Waals surface area (Å²) in [4.78, 5) is 15.0. The quantitative estimate of drug-likeness (QED) is 0.573. The van der Waals surface area contributed by atoms with Crippen molar-refractivity contribution in [1.82, 2.24) is 4.98 Å². The molecule has 0 aliphatic carbocycles. The van der Waals surface area contributed by atoms with Crippen LogP contribution in [0.1, 0.15) is 20.8 Å². The van der Waals surface area contributed by atoms with E-state index in [0.29, 0.717) is 17.0 Å². The second-order valence-corrected chi connectivity index (χ2v) is 4.50. The van der Waals surface area contributed by atoms with Crippen LogP contribution in [0.5, 0.6) is 5.19 Å². The predicted molar refractivity (Wildman–Crippen MR) is 58.0 cm³/mol. The molecule has 0 aliphatic heterocycles. The number of aldehydes is 1. The molecule has 4 nitrogen and oxygen atoms in total. The van der Waals surface area contributed by atoms with Crippen LogP contribution in [0.2, 0.25) is 0 Å². The van der Waals surface area contributed by atoms with E-state index >= 15 is 0 Å². The Bertz CT molecular complexity index is 549. The van der Waals surface area contributed by atoms with Crippen molar-refractivity contribution in [2.45, 2.75) is 13.8 Å². The van der Waals surface area contributed by atoms with E-state index in [0.717, 1.165) is 22.5 Å². The topological polar surface area (TPSA) is 56.9 Å². The van der Waals surface area contributed by atoms with Crippen molar-refractivity contribution in [1.29, 1.82) is 0 Å². The molecule has 2 rings (SSSR count). The molecule has 0 atom stereocenters. The first-order valence-corrected chi connectivity index (χ1v) is 5.55. The molecule has 2 aromatic rings. The summed E-state index contributed by atoms with van der Waals surface area (Å²) in [5.74, 6) is 0.410. The van der Waals surface area contributed by atoms with E-state index < -0.39 is 0 Å². The summed E-state index contributed by atoms with van der Waals surface area (Å²) in [5, 5.41) is 10.8. The van der Waals surface area contributed by atoms with Gasteiger partial charge in [-0.3, -0.25) is 4.79 Å². The summed E-state index contributed by atoms with van der Waals surface area (Å²) in [6.07, 6.45) is 4.32. The lowest BCUT2D eigenvalue weighted by Gasteiger charge is -1.99. The monoisotopic (exact) mass is 234 g/mol. The summed E-state index contributed by atoms with van der Waals surface area (Å²) < 4.78 is 1.70. The first-order valence-electron chi connectivity index (χ1n) is 4.73. The number of rotatable bonds is 2. The fourth-order valence-electron chi connectivity index (χ4n) is 1.37. The number of pyridine rings is 1. The Morgan fingerprint density at radius 1 is 1.44 bits per heavy atom. The molecular formula is C11H10N2O2S. The highest BCUT2D eigenvalue weighted by Gasteiger charge is 2.18. The first kappa shape index (κ1) is 10.8. The van der Waals surface area contributed by atoms with E-state index in [2.05, 4.69) is 4.98 Å². The van der Waals surface area contributed by atoms with E-state index in [1.807, 2.05) is 26.1 Å². The largest absolute Gasteiger partial charge is 0.831 e. The Morgan fingerprint density at radius 2 is 2.19 bits per heavy atom. The van der Waals surface area contributed by atoms with E-state index in [1.54, 1.807) is 10.8 Å². The molecule has 0 saturated heterocycles.